The Kier molecular flexibility index (Phi) is 5.25. The summed E-state index contributed by atoms with van der Waals surface area (Å²) in [6.07, 6.45) is 8.28. The van der Waals surface area contributed by atoms with Crippen LogP contribution in [0.1, 0.15) is 51.9 Å². The molecule has 0 bridgehead atoms. The molecule has 1 atom stereocenters. The van der Waals surface area contributed by atoms with E-state index in [4.69, 9.17) is 23.2 Å². The molecule has 2 aliphatic carbocycles. The highest BCUT2D eigenvalue weighted by atomic mass is 35.5. The van der Waals surface area contributed by atoms with Crippen LogP contribution >= 0.6 is 23.2 Å². The highest BCUT2D eigenvalue weighted by Crippen LogP contribution is 2.63. The van der Waals surface area contributed by atoms with Crippen molar-refractivity contribution >= 4 is 29.1 Å². The largest absolute Gasteiger partial charge is 0.355 e. The summed E-state index contributed by atoms with van der Waals surface area (Å²) < 4.78 is -0.865. The second-order valence-corrected chi connectivity index (χ2v) is 8.08. The monoisotopic (exact) mass is 320 g/mol. The van der Waals surface area contributed by atoms with Gasteiger partial charge in [0.05, 0.1) is 5.41 Å². The number of rotatable bonds is 6. The van der Waals surface area contributed by atoms with Crippen LogP contribution in [0.4, 0.5) is 0 Å². The molecule has 0 heterocycles. The van der Waals surface area contributed by atoms with Gasteiger partial charge in [-0.3, -0.25) is 4.79 Å². The number of alkyl halides is 2. The number of nitrogens with one attached hydrogen (secondary N) is 1. The number of hydrogen-bond donors (Lipinski definition) is 1. The van der Waals surface area contributed by atoms with Crippen molar-refractivity contribution in [2.24, 2.45) is 5.41 Å². The Morgan fingerprint density at radius 1 is 1.30 bits per heavy atom. The normalized spacial score (nSPS) is 29.4. The topological polar surface area (TPSA) is 32.3 Å². The SMILES string of the molecule is CN(CCCNC(=O)C1(C)CC1(Cl)Cl)C1CCCCC1. The molecule has 5 heteroatoms. The van der Waals surface area contributed by atoms with Gasteiger partial charge in [0.25, 0.3) is 0 Å². The molecule has 0 spiro atoms. The summed E-state index contributed by atoms with van der Waals surface area (Å²) in [4.78, 5) is 14.4. The van der Waals surface area contributed by atoms with Gasteiger partial charge >= 0.3 is 0 Å². The molecule has 0 radical (unpaired) electrons. The summed E-state index contributed by atoms with van der Waals surface area (Å²) >= 11 is 12.0. The number of nitrogens with zero attached hydrogens (tertiary/aromatic N) is 1. The van der Waals surface area contributed by atoms with E-state index in [0.29, 0.717) is 13.0 Å². The fourth-order valence-corrected chi connectivity index (χ4v) is 3.78. The van der Waals surface area contributed by atoms with E-state index in [1.54, 1.807) is 0 Å². The van der Waals surface area contributed by atoms with Crippen molar-refractivity contribution in [3.8, 4) is 0 Å². The summed E-state index contributed by atoms with van der Waals surface area (Å²) in [6.45, 7) is 3.57. The molecule has 2 rings (SSSR count). The first kappa shape index (κ1) is 16.4. The van der Waals surface area contributed by atoms with Crippen molar-refractivity contribution in [1.82, 2.24) is 10.2 Å². The summed E-state index contributed by atoms with van der Waals surface area (Å²) in [5.41, 5.74) is -0.592. The zero-order valence-electron chi connectivity index (χ0n) is 12.6. The fourth-order valence-electron chi connectivity index (χ4n) is 3.08. The van der Waals surface area contributed by atoms with Gasteiger partial charge in [0.2, 0.25) is 5.91 Å². The second-order valence-electron chi connectivity index (χ2n) is 6.60. The zero-order valence-corrected chi connectivity index (χ0v) is 14.1. The Hall–Kier alpha value is 0.01000. The van der Waals surface area contributed by atoms with Crippen molar-refractivity contribution in [1.29, 1.82) is 0 Å². The van der Waals surface area contributed by atoms with Gasteiger partial charge in [-0.2, -0.15) is 0 Å². The molecular weight excluding hydrogens is 295 g/mol. The molecule has 2 aliphatic rings. The molecular formula is C15H26Cl2N2O. The van der Waals surface area contributed by atoms with Crippen molar-refractivity contribution in [3.63, 3.8) is 0 Å². The molecule has 2 saturated carbocycles. The van der Waals surface area contributed by atoms with Crippen molar-refractivity contribution < 1.29 is 4.79 Å². The van der Waals surface area contributed by atoms with Gasteiger partial charge in [0, 0.05) is 12.6 Å². The Morgan fingerprint density at radius 3 is 2.45 bits per heavy atom. The van der Waals surface area contributed by atoms with Gasteiger partial charge in [0.15, 0.2) is 0 Å². The highest BCUT2D eigenvalue weighted by molar-refractivity contribution is 6.53. The van der Waals surface area contributed by atoms with E-state index in [-0.39, 0.29) is 5.91 Å². The number of amides is 1. The van der Waals surface area contributed by atoms with Crippen LogP contribution in [0.15, 0.2) is 0 Å². The number of carbonyl (C=O) groups excluding carboxylic acids is 1. The van der Waals surface area contributed by atoms with Gasteiger partial charge in [-0.25, -0.2) is 0 Å². The third kappa shape index (κ3) is 3.61. The third-order valence-corrected chi connectivity index (χ3v) is 6.03. The van der Waals surface area contributed by atoms with Gasteiger partial charge < -0.3 is 10.2 Å². The predicted octanol–water partition coefficient (Wildman–Crippen LogP) is 3.34. The van der Waals surface area contributed by atoms with Crippen LogP contribution in [-0.4, -0.2) is 41.3 Å². The molecule has 0 saturated heterocycles. The molecule has 0 aromatic rings. The zero-order chi connectivity index (χ0) is 14.8. The maximum Gasteiger partial charge on any atom is 0.229 e. The fraction of sp³-hybridized carbons (Fsp3) is 0.933. The number of carbonyl (C=O) groups is 1. The molecule has 1 amide bonds. The minimum Gasteiger partial charge on any atom is -0.355 e. The van der Waals surface area contributed by atoms with E-state index in [2.05, 4.69) is 17.3 Å². The van der Waals surface area contributed by atoms with Crippen LogP contribution in [0.2, 0.25) is 0 Å². The van der Waals surface area contributed by atoms with E-state index in [1.165, 1.54) is 32.1 Å². The van der Waals surface area contributed by atoms with E-state index in [9.17, 15) is 4.79 Å². The molecule has 116 valence electrons. The van der Waals surface area contributed by atoms with Crippen LogP contribution in [0.3, 0.4) is 0 Å². The average molecular weight is 321 g/mol. The Balaban J connectivity index is 1.61. The maximum atomic E-state index is 12.0. The van der Waals surface area contributed by atoms with Crippen LogP contribution in [0.5, 0.6) is 0 Å². The van der Waals surface area contributed by atoms with E-state index in [1.807, 2.05) is 6.92 Å². The van der Waals surface area contributed by atoms with E-state index in [0.717, 1.165) is 19.0 Å². The molecule has 3 nitrogen and oxygen atoms in total. The molecule has 0 aliphatic heterocycles. The summed E-state index contributed by atoms with van der Waals surface area (Å²) in [6, 6.07) is 0.735. The molecule has 20 heavy (non-hydrogen) atoms. The quantitative estimate of drug-likeness (QED) is 0.601. The standard InChI is InChI=1S/C15H26Cl2N2O/c1-14(11-15(14,16)17)13(20)18-9-6-10-19(2)12-7-4-3-5-8-12/h12H,3-11H2,1-2H3,(H,18,20). The van der Waals surface area contributed by atoms with Crippen LogP contribution in [0, 0.1) is 5.41 Å². The van der Waals surface area contributed by atoms with Gasteiger partial charge in [-0.05, 0) is 46.2 Å². The highest BCUT2D eigenvalue weighted by Gasteiger charge is 2.67. The Labute approximate surface area is 132 Å². The lowest BCUT2D eigenvalue weighted by Crippen LogP contribution is -2.37. The molecule has 2 fully saturated rings. The Morgan fingerprint density at radius 2 is 1.90 bits per heavy atom. The van der Waals surface area contributed by atoms with Crippen molar-refractivity contribution in [2.75, 3.05) is 20.1 Å². The maximum absolute atomic E-state index is 12.0. The van der Waals surface area contributed by atoms with Gasteiger partial charge in [0.1, 0.15) is 4.33 Å². The first-order valence-corrected chi connectivity index (χ1v) is 8.49. The van der Waals surface area contributed by atoms with Crippen LogP contribution in [-0.2, 0) is 4.79 Å². The van der Waals surface area contributed by atoms with E-state index < -0.39 is 9.75 Å². The summed E-state index contributed by atoms with van der Waals surface area (Å²) in [7, 11) is 2.20. The minimum absolute atomic E-state index is 0.0113. The lowest BCUT2D eigenvalue weighted by molar-refractivity contribution is -0.125. The average Bonchev–Trinajstić information content (AvgIpc) is 2.95. The van der Waals surface area contributed by atoms with Crippen LogP contribution < -0.4 is 5.32 Å². The first-order chi connectivity index (χ1) is 9.37. The summed E-state index contributed by atoms with van der Waals surface area (Å²) in [5.74, 6) is -0.0113. The summed E-state index contributed by atoms with van der Waals surface area (Å²) in [5, 5.41) is 2.96. The minimum atomic E-state index is -0.865. The lowest BCUT2D eigenvalue weighted by atomic mass is 9.94. The number of halogens is 2. The molecule has 0 aromatic carbocycles. The van der Waals surface area contributed by atoms with E-state index >= 15 is 0 Å². The first-order valence-electron chi connectivity index (χ1n) is 7.73. The van der Waals surface area contributed by atoms with Crippen molar-refractivity contribution in [3.05, 3.63) is 0 Å². The molecule has 1 unspecified atom stereocenters. The smallest absolute Gasteiger partial charge is 0.229 e. The third-order valence-electron chi connectivity index (χ3n) is 4.93. The molecule has 1 N–H and O–H groups in total. The molecule has 0 aromatic heterocycles. The lowest BCUT2D eigenvalue weighted by Gasteiger charge is -2.31. The van der Waals surface area contributed by atoms with Crippen LogP contribution in [0.25, 0.3) is 0 Å². The number of hydrogen-bond acceptors (Lipinski definition) is 2. The predicted molar refractivity (Wildman–Crippen MR) is 84.3 cm³/mol. The second kappa shape index (κ2) is 6.41. The van der Waals surface area contributed by atoms with Gasteiger partial charge in [-0.15, -0.1) is 23.2 Å². The van der Waals surface area contributed by atoms with Gasteiger partial charge in [-0.1, -0.05) is 19.3 Å². The van der Waals surface area contributed by atoms with Crippen molar-refractivity contribution in [2.45, 2.75) is 62.2 Å². The Bertz CT molecular complexity index is 356.